The summed E-state index contributed by atoms with van der Waals surface area (Å²) in [6, 6.07) is 24.5. The van der Waals surface area contributed by atoms with Crippen molar-refractivity contribution in [2.75, 3.05) is 6.54 Å². The fourth-order valence-corrected chi connectivity index (χ4v) is 5.34. The Hall–Kier alpha value is -2.96. The molecular formula is C26H28N2O3S. The van der Waals surface area contributed by atoms with Gasteiger partial charge < -0.3 is 5.32 Å². The summed E-state index contributed by atoms with van der Waals surface area (Å²) in [5.41, 5.74) is 3.77. The first-order chi connectivity index (χ1) is 15.5. The minimum atomic E-state index is -3.47. The van der Waals surface area contributed by atoms with Gasteiger partial charge in [-0.05, 0) is 60.2 Å². The van der Waals surface area contributed by atoms with Gasteiger partial charge >= 0.3 is 0 Å². The molecule has 0 atom stereocenters. The molecule has 0 heterocycles. The highest BCUT2D eigenvalue weighted by Gasteiger charge is 2.22. The third-order valence-corrected chi connectivity index (χ3v) is 7.40. The second kappa shape index (κ2) is 10.1. The van der Waals surface area contributed by atoms with Gasteiger partial charge in [0.05, 0.1) is 4.90 Å². The van der Waals surface area contributed by atoms with E-state index < -0.39 is 10.0 Å². The van der Waals surface area contributed by atoms with Crippen LogP contribution in [0.5, 0.6) is 0 Å². The Morgan fingerprint density at radius 2 is 1.44 bits per heavy atom. The normalized spacial score (nSPS) is 14.4. The highest BCUT2D eigenvalue weighted by molar-refractivity contribution is 7.89. The van der Waals surface area contributed by atoms with E-state index in [1.807, 2.05) is 66.7 Å². The van der Waals surface area contributed by atoms with Gasteiger partial charge in [-0.2, -0.15) is 0 Å². The van der Waals surface area contributed by atoms with Crippen molar-refractivity contribution < 1.29 is 13.2 Å². The molecule has 166 valence electrons. The van der Waals surface area contributed by atoms with Crippen LogP contribution in [0.4, 0.5) is 0 Å². The van der Waals surface area contributed by atoms with Crippen molar-refractivity contribution in [1.82, 2.24) is 10.0 Å². The van der Waals surface area contributed by atoms with Crippen molar-refractivity contribution in [2.24, 2.45) is 0 Å². The summed E-state index contributed by atoms with van der Waals surface area (Å²) in [6.07, 6.45) is 4.60. The summed E-state index contributed by atoms with van der Waals surface area (Å²) in [5.74, 6) is -0.121. The fourth-order valence-electron chi connectivity index (χ4n) is 4.03. The van der Waals surface area contributed by atoms with Gasteiger partial charge in [-0.1, -0.05) is 67.4 Å². The van der Waals surface area contributed by atoms with Crippen LogP contribution in [0.2, 0.25) is 0 Å². The smallest absolute Gasteiger partial charge is 0.251 e. The monoisotopic (exact) mass is 448 g/mol. The molecule has 0 unspecified atom stereocenters. The number of nitrogens with one attached hydrogen (secondary N) is 2. The van der Waals surface area contributed by atoms with Crippen LogP contribution < -0.4 is 10.0 Å². The van der Waals surface area contributed by atoms with E-state index in [1.54, 1.807) is 12.1 Å². The zero-order valence-corrected chi connectivity index (χ0v) is 18.8. The summed E-state index contributed by atoms with van der Waals surface area (Å²) < 4.78 is 27.8. The maximum Gasteiger partial charge on any atom is 0.251 e. The average molecular weight is 449 g/mol. The number of sulfonamides is 1. The fraction of sp³-hybridized carbons (Fsp3) is 0.269. The van der Waals surface area contributed by atoms with E-state index in [2.05, 4.69) is 10.0 Å². The Morgan fingerprint density at radius 1 is 0.812 bits per heavy atom. The summed E-state index contributed by atoms with van der Waals surface area (Å²) in [7, 11) is -3.47. The van der Waals surface area contributed by atoms with Crippen molar-refractivity contribution in [3.63, 3.8) is 0 Å². The topological polar surface area (TPSA) is 75.3 Å². The van der Waals surface area contributed by atoms with Crippen molar-refractivity contribution in [2.45, 2.75) is 43.0 Å². The van der Waals surface area contributed by atoms with Gasteiger partial charge in [0.15, 0.2) is 0 Å². The van der Waals surface area contributed by atoms with Gasteiger partial charge in [0.25, 0.3) is 5.91 Å². The van der Waals surface area contributed by atoms with Gasteiger partial charge in [-0.3, -0.25) is 4.79 Å². The lowest BCUT2D eigenvalue weighted by atomic mass is 10.0. The molecule has 0 radical (unpaired) electrons. The molecule has 32 heavy (non-hydrogen) atoms. The van der Waals surface area contributed by atoms with Crippen LogP contribution >= 0.6 is 0 Å². The molecule has 1 amide bonds. The Balaban J connectivity index is 1.28. The summed E-state index contributed by atoms with van der Waals surface area (Å²) in [5, 5.41) is 2.93. The van der Waals surface area contributed by atoms with Crippen LogP contribution in [0, 0.1) is 0 Å². The van der Waals surface area contributed by atoms with Gasteiger partial charge in [-0.25, -0.2) is 13.1 Å². The first-order valence-electron chi connectivity index (χ1n) is 11.1. The number of rotatable bonds is 8. The zero-order valence-electron chi connectivity index (χ0n) is 18.0. The Kier molecular flexibility index (Phi) is 7.02. The van der Waals surface area contributed by atoms with Crippen LogP contribution in [0.1, 0.15) is 41.6 Å². The van der Waals surface area contributed by atoms with Crippen LogP contribution in [0.3, 0.4) is 0 Å². The molecule has 4 rings (SSSR count). The summed E-state index contributed by atoms with van der Waals surface area (Å²) in [4.78, 5) is 12.7. The molecule has 3 aromatic rings. The first kappa shape index (κ1) is 22.2. The molecule has 1 aliphatic carbocycles. The van der Waals surface area contributed by atoms with E-state index in [4.69, 9.17) is 0 Å². The highest BCUT2D eigenvalue weighted by Crippen LogP contribution is 2.21. The lowest BCUT2D eigenvalue weighted by Gasteiger charge is -2.13. The standard InChI is InChI=1S/C26H28N2O3S/c29-26(23-14-12-22(13-15-23)21-6-2-1-3-7-21)27-19-18-20-10-16-25(17-11-20)32(30,31)28-24-8-4-5-9-24/h1-3,6-7,10-17,24,28H,4-5,8-9,18-19H2,(H,27,29). The van der Waals surface area contributed by atoms with Crippen molar-refractivity contribution >= 4 is 15.9 Å². The van der Waals surface area contributed by atoms with E-state index in [9.17, 15) is 13.2 Å². The van der Waals surface area contributed by atoms with E-state index in [1.165, 1.54) is 0 Å². The predicted octanol–water partition coefficient (Wildman–Crippen LogP) is 4.55. The number of carbonyl (C=O) groups excluding carboxylic acids is 1. The molecule has 2 N–H and O–H groups in total. The number of hydrogen-bond donors (Lipinski definition) is 2. The van der Waals surface area contributed by atoms with E-state index in [-0.39, 0.29) is 16.8 Å². The lowest BCUT2D eigenvalue weighted by molar-refractivity contribution is 0.0954. The summed E-state index contributed by atoms with van der Waals surface area (Å²) in [6.45, 7) is 0.478. The second-order valence-electron chi connectivity index (χ2n) is 8.20. The molecule has 1 fully saturated rings. The molecule has 0 spiro atoms. The molecule has 6 heteroatoms. The van der Waals surface area contributed by atoms with Gasteiger partial charge in [0, 0.05) is 18.2 Å². The van der Waals surface area contributed by atoms with Crippen LogP contribution in [0.15, 0.2) is 83.8 Å². The van der Waals surface area contributed by atoms with Crippen molar-refractivity contribution in [3.05, 3.63) is 90.0 Å². The zero-order chi connectivity index (χ0) is 22.4. The summed E-state index contributed by atoms with van der Waals surface area (Å²) >= 11 is 0. The van der Waals surface area contributed by atoms with Gasteiger partial charge in [0.1, 0.15) is 0 Å². The van der Waals surface area contributed by atoms with Crippen LogP contribution in [0.25, 0.3) is 11.1 Å². The SMILES string of the molecule is O=C(NCCc1ccc(S(=O)(=O)NC2CCCC2)cc1)c1ccc(-c2ccccc2)cc1. The van der Waals surface area contributed by atoms with E-state index in [0.29, 0.717) is 18.5 Å². The Labute approximate surface area is 189 Å². The molecule has 1 aliphatic rings. The minimum Gasteiger partial charge on any atom is -0.352 e. The number of carbonyl (C=O) groups is 1. The maximum absolute atomic E-state index is 12.5. The highest BCUT2D eigenvalue weighted by atomic mass is 32.2. The molecule has 0 saturated heterocycles. The molecule has 0 bridgehead atoms. The van der Waals surface area contributed by atoms with Gasteiger partial charge in [0.2, 0.25) is 10.0 Å². The number of amides is 1. The van der Waals surface area contributed by atoms with Crippen molar-refractivity contribution in [1.29, 1.82) is 0 Å². The first-order valence-corrected chi connectivity index (χ1v) is 12.5. The van der Waals surface area contributed by atoms with Crippen LogP contribution in [-0.2, 0) is 16.4 Å². The lowest BCUT2D eigenvalue weighted by Crippen LogP contribution is -2.32. The Morgan fingerprint density at radius 3 is 2.09 bits per heavy atom. The van der Waals surface area contributed by atoms with Crippen LogP contribution in [-0.4, -0.2) is 26.9 Å². The second-order valence-corrected chi connectivity index (χ2v) is 9.91. The molecule has 3 aromatic carbocycles. The largest absolute Gasteiger partial charge is 0.352 e. The number of hydrogen-bond acceptors (Lipinski definition) is 3. The molecule has 0 aliphatic heterocycles. The van der Waals surface area contributed by atoms with Crippen molar-refractivity contribution in [3.8, 4) is 11.1 Å². The Bertz CT molecular complexity index is 1140. The number of benzene rings is 3. The quantitative estimate of drug-likeness (QED) is 0.531. The molecule has 1 saturated carbocycles. The van der Waals surface area contributed by atoms with Gasteiger partial charge in [-0.15, -0.1) is 0 Å². The predicted molar refractivity (Wildman–Crippen MR) is 127 cm³/mol. The molecule has 5 nitrogen and oxygen atoms in total. The maximum atomic E-state index is 12.5. The van der Waals surface area contributed by atoms with E-state index in [0.717, 1.165) is 42.4 Å². The third-order valence-electron chi connectivity index (χ3n) is 5.86. The van der Waals surface area contributed by atoms with E-state index >= 15 is 0 Å². The minimum absolute atomic E-state index is 0.0525. The molecule has 0 aromatic heterocycles. The third kappa shape index (κ3) is 5.64. The molecular weight excluding hydrogens is 420 g/mol. The average Bonchev–Trinajstić information content (AvgIpc) is 3.32.